The lowest BCUT2D eigenvalue weighted by atomic mass is 9.99. The van der Waals surface area contributed by atoms with E-state index in [4.69, 9.17) is 21.1 Å². The van der Waals surface area contributed by atoms with E-state index in [0.29, 0.717) is 5.02 Å². The van der Waals surface area contributed by atoms with Crippen LogP contribution in [0.25, 0.3) is 22.0 Å². The van der Waals surface area contributed by atoms with Crippen molar-refractivity contribution in [2.24, 2.45) is 0 Å². The molecule has 0 spiro atoms. The van der Waals surface area contributed by atoms with Crippen LogP contribution in [-0.4, -0.2) is 26.7 Å². The zero-order valence-electron chi connectivity index (χ0n) is 15.6. The molecular formula is C21H18ClN5O. The van der Waals surface area contributed by atoms with Crippen LogP contribution in [0, 0.1) is 13.8 Å². The van der Waals surface area contributed by atoms with Crippen molar-refractivity contribution in [1.29, 1.82) is 0 Å². The van der Waals surface area contributed by atoms with Gasteiger partial charge in [0.05, 0.1) is 11.2 Å². The van der Waals surface area contributed by atoms with Gasteiger partial charge in [0.25, 0.3) is 0 Å². The van der Waals surface area contributed by atoms with Crippen LogP contribution in [-0.2, 0) is 13.0 Å². The fraction of sp³-hybridized carbons (Fsp3) is 0.238. The maximum atomic E-state index is 6.22. The first-order valence-electron chi connectivity index (χ1n) is 9.16. The van der Waals surface area contributed by atoms with E-state index in [-0.39, 0.29) is 0 Å². The molecule has 4 aromatic rings. The number of hydrogen-bond donors (Lipinski definition) is 0. The van der Waals surface area contributed by atoms with Gasteiger partial charge in [-0.3, -0.25) is 4.98 Å². The van der Waals surface area contributed by atoms with Gasteiger partial charge in [-0.25, -0.2) is 9.97 Å². The smallest absolute Gasteiger partial charge is 0.141 e. The van der Waals surface area contributed by atoms with Gasteiger partial charge >= 0.3 is 0 Å². The molecule has 4 heterocycles. The third kappa shape index (κ3) is 2.81. The summed E-state index contributed by atoms with van der Waals surface area (Å²) < 4.78 is 5.33. The highest BCUT2D eigenvalue weighted by atomic mass is 35.5. The summed E-state index contributed by atoms with van der Waals surface area (Å²) in [5.41, 5.74) is 6.14. The number of benzene rings is 1. The minimum Gasteiger partial charge on any atom is -0.361 e. The van der Waals surface area contributed by atoms with E-state index >= 15 is 0 Å². The number of halogens is 1. The summed E-state index contributed by atoms with van der Waals surface area (Å²) in [6, 6.07) is 7.90. The Morgan fingerprint density at radius 3 is 2.82 bits per heavy atom. The first-order chi connectivity index (χ1) is 13.6. The van der Waals surface area contributed by atoms with E-state index in [9.17, 15) is 0 Å². The second-order valence-electron chi connectivity index (χ2n) is 7.06. The van der Waals surface area contributed by atoms with Crippen LogP contribution < -0.4 is 4.90 Å². The van der Waals surface area contributed by atoms with Crippen LogP contribution in [0.3, 0.4) is 0 Å². The molecule has 0 saturated heterocycles. The monoisotopic (exact) mass is 391 g/mol. The van der Waals surface area contributed by atoms with Crippen molar-refractivity contribution >= 4 is 28.3 Å². The fourth-order valence-electron chi connectivity index (χ4n) is 3.91. The number of rotatable bonds is 2. The average molecular weight is 392 g/mol. The number of nitrogens with zero attached hydrogens (tertiary/aromatic N) is 5. The molecule has 1 aromatic carbocycles. The van der Waals surface area contributed by atoms with E-state index in [1.54, 1.807) is 6.33 Å². The molecule has 0 bridgehead atoms. The quantitative estimate of drug-likeness (QED) is 0.500. The van der Waals surface area contributed by atoms with E-state index in [2.05, 4.69) is 26.1 Å². The largest absolute Gasteiger partial charge is 0.361 e. The van der Waals surface area contributed by atoms with Gasteiger partial charge in [-0.2, -0.15) is 0 Å². The molecular weight excluding hydrogens is 374 g/mol. The zero-order valence-corrected chi connectivity index (χ0v) is 16.4. The standard InChI is InChI=1S/C21H18ClN5O/c1-12-20(13(2)28-26-12)14-7-15-10-27(6-5-18(15)23-9-14)21-17-8-16(22)3-4-19(17)24-11-25-21/h3-4,7-9,11H,5-6,10H2,1-2H3. The van der Waals surface area contributed by atoms with Crippen molar-refractivity contribution in [3.8, 4) is 11.1 Å². The Hall–Kier alpha value is -2.99. The van der Waals surface area contributed by atoms with Crippen LogP contribution in [0.4, 0.5) is 5.82 Å². The van der Waals surface area contributed by atoms with Gasteiger partial charge in [-0.05, 0) is 43.7 Å². The fourth-order valence-corrected chi connectivity index (χ4v) is 4.08. The van der Waals surface area contributed by atoms with E-state index in [0.717, 1.165) is 64.5 Å². The normalized spacial score (nSPS) is 13.8. The van der Waals surface area contributed by atoms with Gasteiger partial charge in [0.2, 0.25) is 0 Å². The van der Waals surface area contributed by atoms with Crippen molar-refractivity contribution in [2.75, 3.05) is 11.4 Å². The molecule has 0 aliphatic carbocycles. The lowest BCUT2D eigenvalue weighted by Gasteiger charge is -2.30. The number of anilines is 1. The number of hydrogen-bond acceptors (Lipinski definition) is 6. The number of aryl methyl sites for hydroxylation is 2. The number of fused-ring (bicyclic) bond motifs is 2. The van der Waals surface area contributed by atoms with Crippen molar-refractivity contribution < 1.29 is 4.52 Å². The highest BCUT2D eigenvalue weighted by molar-refractivity contribution is 6.31. The molecule has 1 aliphatic rings. The van der Waals surface area contributed by atoms with Crippen molar-refractivity contribution in [3.05, 3.63) is 64.5 Å². The average Bonchev–Trinajstić information content (AvgIpc) is 3.05. The highest BCUT2D eigenvalue weighted by Crippen LogP contribution is 2.32. The Labute approximate surface area is 167 Å². The van der Waals surface area contributed by atoms with Crippen LogP contribution in [0.1, 0.15) is 22.7 Å². The molecule has 3 aromatic heterocycles. The molecule has 140 valence electrons. The summed E-state index contributed by atoms with van der Waals surface area (Å²) in [6.07, 6.45) is 4.39. The van der Waals surface area contributed by atoms with Gasteiger partial charge in [0, 0.05) is 52.9 Å². The summed E-state index contributed by atoms with van der Waals surface area (Å²) >= 11 is 6.22. The van der Waals surface area contributed by atoms with E-state index < -0.39 is 0 Å². The Morgan fingerprint density at radius 2 is 2.00 bits per heavy atom. The third-order valence-corrected chi connectivity index (χ3v) is 5.47. The minimum atomic E-state index is 0.684. The third-order valence-electron chi connectivity index (χ3n) is 5.24. The maximum Gasteiger partial charge on any atom is 0.141 e. The molecule has 0 radical (unpaired) electrons. The molecule has 0 N–H and O–H groups in total. The van der Waals surface area contributed by atoms with Crippen LogP contribution in [0.2, 0.25) is 5.02 Å². The molecule has 5 rings (SSSR count). The van der Waals surface area contributed by atoms with E-state index in [1.165, 1.54) is 5.56 Å². The Kier molecular flexibility index (Phi) is 4.02. The maximum absolute atomic E-state index is 6.22. The molecule has 1 aliphatic heterocycles. The predicted octanol–water partition coefficient (Wildman–Crippen LogP) is 4.51. The molecule has 0 fully saturated rings. The molecule has 28 heavy (non-hydrogen) atoms. The SMILES string of the molecule is Cc1noc(C)c1-c1cnc2c(c1)CN(c1ncnc3ccc(Cl)cc13)CC2. The lowest BCUT2D eigenvalue weighted by molar-refractivity contribution is 0.393. The second-order valence-corrected chi connectivity index (χ2v) is 7.50. The minimum absolute atomic E-state index is 0.684. The Balaban J connectivity index is 1.55. The van der Waals surface area contributed by atoms with Crippen molar-refractivity contribution in [3.63, 3.8) is 0 Å². The lowest BCUT2D eigenvalue weighted by Crippen LogP contribution is -2.31. The first-order valence-corrected chi connectivity index (χ1v) is 9.54. The van der Waals surface area contributed by atoms with Crippen LogP contribution in [0.5, 0.6) is 0 Å². The van der Waals surface area contributed by atoms with Crippen molar-refractivity contribution in [2.45, 2.75) is 26.8 Å². The Bertz CT molecular complexity index is 1180. The molecule has 6 nitrogen and oxygen atoms in total. The predicted molar refractivity (Wildman–Crippen MR) is 109 cm³/mol. The van der Waals surface area contributed by atoms with Crippen LogP contribution in [0.15, 0.2) is 41.3 Å². The first kappa shape index (κ1) is 17.1. The van der Waals surface area contributed by atoms with Gasteiger partial charge in [-0.15, -0.1) is 0 Å². The molecule has 0 amide bonds. The summed E-state index contributed by atoms with van der Waals surface area (Å²) in [5, 5.41) is 5.72. The van der Waals surface area contributed by atoms with Gasteiger partial charge in [-0.1, -0.05) is 16.8 Å². The zero-order chi connectivity index (χ0) is 19.3. The summed E-state index contributed by atoms with van der Waals surface area (Å²) in [7, 11) is 0. The summed E-state index contributed by atoms with van der Waals surface area (Å²) in [5.74, 6) is 1.71. The van der Waals surface area contributed by atoms with Crippen LogP contribution >= 0.6 is 11.6 Å². The molecule has 0 saturated carbocycles. The van der Waals surface area contributed by atoms with E-state index in [1.807, 2.05) is 38.2 Å². The summed E-state index contributed by atoms with van der Waals surface area (Å²) in [6.45, 7) is 5.47. The van der Waals surface area contributed by atoms with Crippen molar-refractivity contribution in [1.82, 2.24) is 20.1 Å². The number of pyridine rings is 1. The molecule has 7 heteroatoms. The Morgan fingerprint density at radius 1 is 1.11 bits per heavy atom. The van der Waals surface area contributed by atoms with Gasteiger partial charge in [0.15, 0.2) is 0 Å². The molecule has 0 atom stereocenters. The second kappa shape index (κ2) is 6.56. The molecule has 0 unspecified atom stereocenters. The number of aromatic nitrogens is 4. The topological polar surface area (TPSA) is 67.9 Å². The summed E-state index contributed by atoms with van der Waals surface area (Å²) in [4.78, 5) is 15.9. The van der Waals surface area contributed by atoms with Gasteiger partial charge < -0.3 is 9.42 Å². The van der Waals surface area contributed by atoms with Gasteiger partial charge in [0.1, 0.15) is 17.9 Å². The highest BCUT2D eigenvalue weighted by Gasteiger charge is 2.22.